The van der Waals surface area contributed by atoms with E-state index in [1.54, 1.807) is 23.2 Å². The van der Waals surface area contributed by atoms with Gasteiger partial charge in [-0.05, 0) is 25.0 Å². The smallest absolute Gasteiger partial charge is 0.256 e. The summed E-state index contributed by atoms with van der Waals surface area (Å²) in [7, 11) is 0. The van der Waals surface area contributed by atoms with Crippen LogP contribution in [0.15, 0.2) is 35.8 Å². The van der Waals surface area contributed by atoms with E-state index in [2.05, 4.69) is 10.3 Å². The number of benzene rings is 1. The highest BCUT2D eigenvalue weighted by atomic mass is 32.1. The number of halogens is 1. The molecule has 1 aliphatic heterocycles. The average molecular weight is 361 g/mol. The van der Waals surface area contributed by atoms with E-state index < -0.39 is 5.82 Å². The number of rotatable bonds is 4. The zero-order valence-corrected chi connectivity index (χ0v) is 14.8. The Hall–Kier alpha value is -2.28. The van der Waals surface area contributed by atoms with Gasteiger partial charge in [-0.25, -0.2) is 9.37 Å². The summed E-state index contributed by atoms with van der Waals surface area (Å²) in [5.74, 6) is -0.881. The van der Waals surface area contributed by atoms with E-state index >= 15 is 0 Å². The Kier molecular flexibility index (Phi) is 5.43. The zero-order valence-electron chi connectivity index (χ0n) is 13.9. The van der Waals surface area contributed by atoms with Gasteiger partial charge in [0.15, 0.2) is 0 Å². The molecule has 2 amide bonds. The molecular weight excluding hydrogens is 341 g/mol. The highest BCUT2D eigenvalue weighted by Crippen LogP contribution is 2.31. The standard InChI is InChI=1S/C18H20FN3O2S/c1-12(23)21-16(17-20-8-10-25-17)13-5-4-9-22(11-13)18(24)14-6-2-3-7-15(14)19/h2-3,6-8,10,13,16H,4-5,9,11H2,1H3,(H,21,23). The van der Waals surface area contributed by atoms with Crippen LogP contribution in [0.25, 0.3) is 0 Å². The van der Waals surface area contributed by atoms with Crippen LogP contribution in [0.1, 0.15) is 41.2 Å². The summed E-state index contributed by atoms with van der Waals surface area (Å²) in [5.41, 5.74) is 0.0912. The topological polar surface area (TPSA) is 62.3 Å². The minimum absolute atomic E-state index is 0.0551. The van der Waals surface area contributed by atoms with Crippen LogP contribution < -0.4 is 5.32 Å². The summed E-state index contributed by atoms with van der Waals surface area (Å²) in [6.45, 7) is 2.54. The molecule has 2 atom stereocenters. The van der Waals surface area contributed by atoms with Crippen molar-refractivity contribution in [2.75, 3.05) is 13.1 Å². The fourth-order valence-corrected chi connectivity index (χ4v) is 4.04. The molecule has 0 radical (unpaired) electrons. The van der Waals surface area contributed by atoms with Crippen LogP contribution in [-0.4, -0.2) is 34.8 Å². The lowest BCUT2D eigenvalue weighted by molar-refractivity contribution is -0.120. The maximum absolute atomic E-state index is 13.9. The number of thiazole rings is 1. The summed E-state index contributed by atoms with van der Waals surface area (Å²) in [6, 6.07) is 5.81. The van der Waals surface area contributed by atoms with Crippen molar-refractivity contribution in [2.24, 2.45) is 5.92 Å². The maximum Gasteiger partial charge on any atom is 0.256 e. The van der Waals surface area contributed by atoms with Crippen LogP contribution >= 0.6 is 11.3 Å². The number of piperidine rings is 1. The molecule has 132 valence electrons. The predicted molar refractivity (Wildman–Crippen MR) is 93.7 cm³/mol. The van der Waals surface area contributed by atoms with E-state index in [0.717, 1.165) is 17.8 Å². The number of amides is 2. The van der Waals surface area contributed by atoms with Gasteiger partial charge in [-0.15, -0.1) is 11.3 Å². The largest absolute Gasteiger partial charge is 0.347 e. The van der Waals surface area contributed by atoms with Gasteiger partial charge in [0.1, 0.15) is 10.8 Å². The third-order valence-corrected chi connectivity index (χ3v) is 5.26. The van der Waals surface area contributed by atoms with Crippen LogP contribution in [0.2, 0.25) is 0 Å². The van der Waals surface area contributed by atoms with Gasteiger partial charge in [0.05, 0.1) is 11.6 Å². The van der Waals surface area contributed by atoms with Gasteiger partial charge in [0.2, 0.25) is 5.91 Å². The molecular formula is C18H20FN3O2S. The number of likely N-dealkylation sites (tertiary alicyclic amines) is 1. The third kappa shape index (κ3) is 4.04. The van der Waals surface area contributed by atoms with E-state index in [9.17, 15) is 14.0 Å². The number of hydrogen-bond donors (Lipinski definition) is 1. The number of nitrogens with zero attached hydrogens (tertiary/aromatic N) is 2. The van der Waals surface area contributed by atoms with E-state index in [0.29, 0.717) is 13.1 Å². The zero-order chi connectivity index (χ0) is 17.8. The number of aromatic nitrogens is 1. The number of carbonyl (C=O) groups excluding carboxylic acids is 2. The minimum atomic E-state index is -0.507. The Morgan fingerprint density at radius 2 is 2.20 bits per heavy atom. The van der Waals surface area contributed by atoms with Crippen LogP contribution in [-0.2, 0) is 4.79 Å². The summed E-state index contributed by atoms with van der Waals surface area (Å²) in [6.07, 6.45) is 3.40. The lowest BCUT2D eigenvalue weighted by Crippen LogP contribution is -2.45. The normalized spacial score (nSPS) is 18.6. The Bertz CT molecular complexity index is 751. The van der Waals surface area contributed by atoms with E-state index in [4.69, 9.17) is 0 Å². The summed E-state index contributed by atoms with van der Waals surface area (Å²) in [5, 5.41) is 5.66. The summed E-state index contributed by atoms with van der Waals surface area (Å²) < 4.78 is 13.9. The first-order valence-electron chi connectivity index (χ1n) is 8.26. The van der Waals surface area contributed by atoms with Crippen molar-refractivity contribution < 1.29 is 14.0 Å². The number of carbonyl (C=O) groups is 2. The first-order valence-corrected chi connectivity index (χ1v) is 9.14. The second-order valence-electron chi connectivity index (χ2n) is 6.18. The van der Waals surface area contributed by atoms with Crippen molar-refractivity contribution in [2.45, 2.75) is 25.8 Å². The molecule has 25 heavy (non-hydrogen) atoms. The molecule has 0 bridgehead atoms. The Balaban J connectivity index is 1.78. The first-order chi connectivity index (χ1) is 12.1. The highest BCUT2D eigenvalue weighted by molar-refractivity contribution is 7.09. The molecule has 2 unspecified atom stereocenters. The lowest BCUT2D eigenvalue weighted by Gasteiger charge is -2.36. The molecule has 1 fully saturated rings. The molecule has 2 aromatic rings. The molecule has 1 saturated heterocycles. The molecule has 0 aliphatic carbocycles. The van der Waals surface area contributed by atoms with E-state index in [1.165, 1.54) is 30.4 Å². The predicted octanol–water partition coefficient (Wildman–Crippen LogP) is 3.01. The highest BCUT2D eigenvalue weighted by Gasteiger charge is 2.33. The van der Waals surface area contributed by atoms with Gasteiger partial charge in [-0.2, -0.15) is 0 Å². The van der Waals surface area contributed by atoms with E-state index in [-0.39, 0.29) is 29.3 Å². The molecule has 3 rings (SSSR count). The molecule has 5 nitrogen and oxygen atoms in total. The van der Waals surface area contributed by atoms with Crippen molar-refractivity contribution in [3.05, 3.63) is 52.2 Å². The fourth-order valence-electron chi connectivity index (χ4n) is 3.26. The maximum atomic E-state index is 13.9. The molecule has 1 aromatic carbocycles. The van der Waals surface area contributed by atoms with E-state index in [1.807, 2.05) is 5.38 Å². The Morgan fingerprint density at radius 1 is 1.40 bits per heavy atom. The van der Waals surface area contributed by atoms with Crippen molar-refractivity contribution >= 4 is 23.2 Å². The van der Waals surface area contributed by atoms with Crippen LogP contribution in [0.3, 0.4) is 0 Å². The third-order valence-electron chi connectivity index (χ3n) is 4.40. The molecule has 1 aromatic heterocycles. The van der Waals surface area contributed by atoms with Crippen molar-refractivity contribution in [1.29, 1.82) is 0 Å². The molecule has 1 aliphatic rings. The Morgan fingerprint density at radius 3 is 2.88 bits per heavy atom. The number of hydrogen-bond acceptors (Lipinski definition) is 4. The second-order valence-corrected chi connectivity index (χ2v) is 7.11. The van der Waals surface area contributed by atoms with Gasteiger partial charge in [-0.3, -0.25) is 9.59 Å². The van der Waals surface area contributed by atoms with Crippen molar-refractivity contribution in [3.8, 4) is 0 Å². The van der Waals surface area contributed by atoms with Gasteiger partial charge >= 0.3 is 0 Å². The fraction of sp³-hybridized carbons (Fsp3) is 0.389. The molecule has 1 N–H and O–H groups in total. The van der Waals surface area contributed by atoms with Gasteiger partial charge in [0, 0.05) is 37.5 Å². The SMILES string of the molecule is CC(=O)NC(c1nccs1)C1CCCN(C(=O)c2ccccc2F)C1. The lowest BCUT2D eigenvalue weighted by atomic mass is 9.90. The summed E-state index contributed by atoms with van der Waals surface area (Å²) in [4.78, 5) is 30.3. The molecule has 0 spiro atoms. The molecule has 0 saturated carbocycles. The average Bonchev–Trinajstić information content (AvgIpc) is 3.14. The monoisotopic (exact) mass is 361 g/mol. The minimum Gasteiger partial charge on any atom is -0.347 e. The Labute approximate surface area is 149 Å². The first kappa shape index (κ1) is 17.5. The second kappa shape index (κ2) is 7.74. The molecule has 7 heteroatoms. The van der Waals surface area contributed by atoms with Crippen LogP contribution in [0.4, 0.5) is 4.39 Å². The van der Waals surface area contributed by atoms with Gasteiger partial charge in [-0.1, -0.05) is 12.1 Å². The van der Waals surface area contributed by atoms with Gasteiger partial charge < -0.3 is 10.2 Å². The summed E-state index contributed by atoms with van der Waals surface area (Å²) >= 11 is 1.49. The van der Waals surface area contributed by atoms with Crippen LogP contribution in [0.5, 0.6) is 0 Å². The molecule has 2 heterocycles. The quantitative estimate of drug-likeness (QED) is 0.911. The van der Waals surface area contributed by atoms with Crippen molar-refractivity contribution in [1.82, 2.24) is 15.2 Å². The van der Waals surface area contributed by atoms with Crippen LogP contribution in [0, 0.1) is 11.7 Å². The number of nitrogens with one attached hydrogen (secondary N) is 1. The van der Waals surface area contributed by atoms with Gasteiger partial charge in [0.25, 0.3) is 5.91 Å². The van der Waals surface area contributed by atoms with Crippen molar-refractivity contribution in [3.63, 3.8) is 0 Å².